The van der Waals surface area contributed by atoms with Crippen molar-refractivity contribution in [3.63, 3.8) is 0 Å². The highest BCUT2D eigenvalue weighted by atomic mass is 16.5. The quantitative estimate of drug-likeness (QED) is 0.711. The first-order chi connectivity index (χ1) is 13.6. The molecule has 146 valence electrons. The Balaban J connectivity index is 1.53. The van der Waals surface area contributed by atoms with Crippen molar-refractivity contribution in [3.8, 4) is 0 Å². The number of benzene rings is 1. The molecule has 2 N–H and O–H groups in total. The number of aryl methyl sites for hydroxylation is 2. The highest BCUT2D eigenvalue weighted by molar-refractivity contribution is 6.00. The van der Waals surface area contributed by atoms with Crippen LogP contribution < -0.4 is 5.32 Å². The van der Waals surface area contributed by atoms with Crippen molar-refractivity contribution in [2.45, 2.75) is 19.9 Å². The number of nitrogens with zero attached hydrogens (tertiary/aromatic N) is 3. The van der Waals surface area contributed by atoms with Gasteiger partial charge in [-0.15, -0.1) is 0 Å². The molecule has 28 heavy (non-hydrogen) atoms. The summed E-state index contributed by atoms with van der Waals surface area (Å²) in [7, 11) is 0. The van der Waals surface area contributed by atoms with Gasteiger partial charge >= 0.3 is 0 Å². The topological polar surface area (TPSA) is 83.1 Å². The summed E-state index contributed by atoms with van der Waals surface area (Å²) in [6.07, 6.45) is 5.60. The van der Waals surface area contributed by atoms with Crippen LogP contribution in [0.15, 0.2) is 36.8 Å². The molecular weight excluding hydrogens is 354 g/mol. The van der Waals surface area contributed by atoms with E-state index in [4.69, 9.17) is 4.74 Å². The van der Waals surface area contributed by atoms with Crippen molar-refractivity contribution in [3.05, 3.63) is 59.3 Å². The zero-order chi connectivity index (χ0) is 19.5. The van der Waals surface area contributed by atoms with Gasteiger partial charge < -0.3 is 15.0 Å². The summed E-state index contributed by atoms with van der Waals surface area (Å²) in [5.74, 6) is 0.677. The molecule has 1 amide bonds. The fourth-order valence-corrected chi connectivity index (χ4v) is 3.74. The number of aromatic amines is 1. The number of H-pyrrole nitrogens is 1. The molecule has 7 nitrogen and oxygen atoms in total. The van der Waals surface area contributed by atoms with Gasteiger partial charge in [0.25, 0.3) is 5.91 Å². The van der Waals surface area contributed by atoms with Gasteiger partial charge in [-0.1, -0.05) is 0 Å². The second-order valence-corrected chi connectivity index (χ2v) is 7.11. The van der Waals surface area contributed by atoms with E-state index < -0.39 is 0 Å². The molecule has 7 heteroatoms. The van der Waals surface area contributed by atoms with Crippen molar-refractivity contribution in [2.24, 2.45) is 0 Å². The van der Waals surface area contributed by atoms with Crippen LogP contribution in [0, 0.1) is 13.8 Å². The Kier molecular flexibility index (Phi) is 5.36. The van der Waals surface area contributed by atoms with Crippen molar-refractivity contribution in [1.29, 1.82) is 0 Å². The average Bonchev–Trinajstić information content (AvgIpc) is 3.20. The van der Waals surface area contributed by atoms with Gasteiger partial charge in [-0.3, -0.25) is 9.69 Å². The summed E-state index contributed by atoms with van der Waals surface area (Å²) in [5, 5.41) is 4.19. The summed E-state index contributed by atoms with van der Waals surface area (Å²) in [4.78, 5) is 27.1. The number of hydrogen-bond donors (Lipinski definition) is 2. The Hall–Kier alpha value is -2.77. The van der Waals surface area contributed by atoms with Gasteiger partial charge in [-0.25, -0.2) is 9.97 Å². The minimum Gasteiger partial charge on any atom is -0.379 e. The number of amides is 1. The first-order valence-electron chi connectivity index (χ1n) is 9.58. The van der Waals surface area contributed by atoms with Gasteiger partial charge in [-0.05, 0) is 37.6 Å². The lowest BCUT2D eigenvalue weighted by atomic mass is 10.0. The molecule has 4 rings (SSSR count). The predicted molar refractivity (Wildman–Crippen MR) is 107 cm³/mol. The maximum atomic E-state index is 12.9. The number of aromatic nitrogens is 3. The maximum Gasteiger partial charge on any atom is 0.251 e. The molecule has 0 aliphatic carbocycles. The monoisotopic (exact) mass is 379 g/mol. The predicted octanol–water partition coefficient (Wildman–Crippen LogP) is 2.38. The fraction of sp³-hybridized carbons (Fsp3) is 0.381. The molecule has 1 atom stereocenters. The van der Waals surface area contributed by atoms with Crippen LogP contribution in [0.4, 0.5) is 0 Å². The van der Waals surface area contributed by atoms with E-state index in [1.54, 1.807) is 0 Å². The number of rotatable bonds is 5. The van der Waals surface area contributed by atoms with E-state index in [0.29, 0.717) is 25.3 Å². The second-order valence-electron chi connectivity index (χ2n) is 7.11. The number of hydrogen-bond acceptors (Lipinski definition) is 5. The first kappa shape index (κ1) is 18.6. The lowest BCUT2D eigenvalue weighted by Gasteiger charge is -2.34. The summed E-state index contributed by atoms with van der Waals surface area (Å²) in [6, 6.07) is 5.85. The van der Waals surface area contributed by atoms with Gasteiger partial charge in [0.15, 0.2) is 0 Å². The molecule has 1 aliphatic rings. The van der Waals surface area contributed by atoms with Gasteiger partial charge in [-0.2, -0.15) is 0 Å². The lowest BCUT2D eigenvalue weighted by molar-refractivity contribution is 0.0161. The Bertz CT molecular complexity index is 961. The average molecular weight is 379 g/mol. The number of carbonyl (C=O) groups excluding carboxylic acids is 1. The SMILES string of the molecule is Cc1ncc(C(CNC(=O)c2ccc3[nH]ccc3c2C)N2CCOCC2)cn1. The third kappa shape index (κ3) is 3.76. The molecule has 1 aliphatic heterocycles. The van der Waals surface area contributed by atoms with Crippen LogP contribution in [-0.2, 0) is 4.74 Å². The lowest BCUT2D eigenvalue weighted by Crippen LogP contribution is -2.44. The molecule has 2 aromatic heterocycles. The van der Waals surface area contributed by atoms with E-state index >= 15 is 0 Å². The van der Waals surface area contributed by atoms with E-state index in [2.05, 4.69) is 25.2 Å². The summed E-state index contributed by atoms with van der Waals surface area (Å²) < 4.78 is 5.49. The molecule has 0 spiro atoms. The van der Waals surface area contributed by atoms with Crippen LogP contribution in [0.1, 0.15) is 33.4 Å². The smallest absolute Gasteiger partial charge is 0.251 e. The van der Waals surface area contributed by atoms with E-state index in [9.17, 15) is 4.79 Å². The molecule has 1 aromatic carbocycles. The fourth-order valence-electron chi connectivity index (χ4n) is 3.74. The number of fused-ring (bicyclic) bond motifs is 1. The zero-order valence-electron chi connectivity index (χ0n) is 16.2. The normalized spacial score (nSPS) is 16.2. The second kappa shape index (κ2) is 8.08. The van der Waals surface area contributed by atoms with Crippen LogP contribution in [0.3, 0.4) is 0 Å². The van der Waals surface area contributed by atoms with Gasteiger partial charge in [0.05, 0.1) is 19.3 Å². The van der Waals surface area contributed by atoms with Crippen molar-refractivity contribution < 1.29 is 9.53 Å². The Morgan fingerprint density at radius 1 is 1.21 bits per heavy atom. The Morgan fingerprint density at radius 3 is 2.71 bits per heavy atom. The number of nitrogens with one attached hydrogen (secondary N) is 2. The number of carbonyl (C=O) groups is 1. The summed E-state index contributed by atoms with van der Waals surface area (Å²) in [5.41, 5.74) is 3.73. The van der Waals surface area contributed by atoms with Crippen LogP contribution in [0.25, 0.3) is 10.9 Å². The van der Waals surface area contributed by atoms with Gasteiger partial charge in [0, 0.05) is 60.3 Å². The van der Waals surface area contributed by atoms with Crippen molar-refractivity contribution in [1.82, 2.24) is 25.2 Å². The molecule has 3 aromatic rings. The van der Waals surface area contributed by atoms with E-state index in [1.807, 2.05) is 50.6 Å². The van der Waals surface area contributed by atoms with Crippen LogP contribution >= 0.6 is 0 Å². The third-order valence-corrected chi connectivity index (χ3v) is 5.38. The minimum absolute atomic E-state index is 0.0183. The summed E-state index contributed by atoms with van der Waals surface area (Å²) in [6.45, 7) is 7.38. The molecular formula is C21H25N5O2. The van der Waals surface area contributed by atoms with Gasteiger partial charge in [0.1, 0.15) is 5.82 Å². The molecule has 0 saturated carbocycles. The molecule has 0 bridgehead atoms. The van der Waals surface area contributed by atoms with Crippen LogP contribution in [0.5, 0.6) is 0 Å². The van der Waals surface area contributed by atoms with Crippen molar-refractivity contribution >= 4 is 16.8 Å². The number of morpholine rings is 1. The number of ether oxygens (including phenoxy) is 1. The molecule has 1 saturated heterocycles. The standard InChI is InChI=1S/C21H25N5O2/c1-14-17-5-6-22-19(17)4-3-18(14)21(27)25-13-20(26-7-9-28-10-8-26)16-11-23-15(2)24-12-16/h3-6,11-12,20,22H,7-10,13H2,1-2H3,(H,25,27). The maximum absolute atomic E-state index is 12.9. The third-order valence-electron chi connectivity index (χ3n) is 5.38. The van der Waals surface area contributed by atoms with Crippen LogP contribution in [0.2, 0.25) is 0 Å². The largest absolute Gasteiger partial charge is 0.379 e. The Labute approximate surface area is 164 Å². The summed E-state index contributed by atoms with van der Waals surface area (Å²) >= 11 is 0. The van der Waals surface area contributed by atoms with Gasteiger partial charge in [0.2, 0.25) is 0 Å². The first-order valence-corrected chi connectivity index (χ1v) is 9.58. The van der Waals surface area contributed by atoms with E-state index in [1.165, 1.54) is 0 Å². The van der Waals surface area contributed by atoms with Crippen molar-refractivity contribution in [2.75, 3.05) is 32.8 Å². The molecule has 0 radical (unpaired) electrons. The Morgan fingerprint density at radius 2 is 1.96 bits per heavy atom. The van der Waals surface area contributed by atoms with E-state index in [-0.39, 0.29) is 11.9 Å². The molecule has 3 heterocycles. The minimum atomic E-state index is -0.0631. The van der Waals surface area contributed by atoms with E-state index in [0.717, 1.165) is 40.9 Å². The highest BCUT2D eigenvalue weighted by Gasteiger charge is 2.24. The highest BCUT2D eigenvalue weighted by Crippen LogP contribution is 2.23. The molecule has 1 fully saturated rings. The molecule has 1 unspecified atom stereocenters. The zero-order valence-corrected chi connectivity index (χ0v) is 16.2. The van der Waals surface area contributed by atoms with Crippen LogP contribution in [-0.4, -0.2) is 58.6 Å².